The van der Waals surface area contributed by atoms with Crippen LogP contribution < -0.4 is 4.90 Å². The van der Waals surface area contributed by atoms with Crippen LogP contribution in [0.3, 0.4) is 0 Å². The lowest BCUT2D eigenvalue weighted by Gasteiger charge is -2.34. The van der Waals surface area contributed by atoms with E-state index in [1.54, 1.807) is 18.6 Å². The zero-order chi connectivity index (χ0) is 13.1. The van der Waals surface area contributed by atoms with Crippen LogP contribution in [-0.2, 0) is 6.67 Å². The fourth-order valence-electron chi connectivity index (χ4n) is 2.16. The average Bonchev–Trinajstić information content (AvgIpc) is 2.86. The first-order valence-electron chi connectivity index (χ1n) is 6.23. The van der Waals surface area contributed by atoms with Crippen LogP contribution in [0.4, 0.5) is 5.95 Å². The highest BCUT2D eigenvalue weighted by molar-refractivity contribution is 6.30. The maximum atomic E-state index is 5.85. The molecule has 0 amide bonds. The van der Waals surface area contributed by atoms with E-state index in [0.717, 1.165) is 38.8 Å². The normalized spacial score (nSPS) is 16.8. The molecule has 0 radical (unpaired) electrons. The van der Waals surface area contributed by atoms with E-state index in [2.05, 4.69) is 24.9 Å². The summed E-state index contributed by atoms with van der Waals surface area (Å²) in [4.78, 5) is 13.1. The molecule has 19 heavy (non-hydrogen) atoms. The molecule has 0 bridgehead atoms. The smallest absolute Gasteiger partial charge is 0.225 e. The molecule has 6 nitrogen and oxygen atoms in total. The minimum atomic E-state index is 0.677. The second-order valence-electron chi connectivity index (χ2n) is 4.49. The van der Waals surface area contributed by atoms with Crippen LogP contribution >= 0.6 is 11.6 Å². The quantitative estimate of drug-likeness (QED) is 0.842. The molecule has 0 saturated carbocycles. The summed E-state index contributed by atoms with van der Waals surface area (Å²) in [5, 5.41) is 4.87. The molecular weight excluding hydrogens is 264 g/mol. The lowest BCUT2D eigenvalue weighted by Crippen LogP contribution is -2.47. The Balaban J connectivity index is 1.55. The number of aromatic nitrogens is 4. The highest BCUT2D eigenvalue weighted by Crippen LogP contribution is 2.11. The summed E-state index contributed by atoms with van der Waals surface area (Å²) in [7, 11) is 0. The minimum Gasteiger partial charge on any atom is -0.338 e. The van der Waals surface area contributed by atoms with Crippen molar-refractivity contribution in [3.63, 3.8) is 0 Å². The Morgan fingerprint density at radius 2 is 1.84 bits per heavy atom. The molecule has 0 spiro atoms. The van der Waals surface area contributed by atoms with Gasteiger partial charge in [-0.3, -0.25) is 9.58 Å². The van der Waals surface area contributed by atoms with Gasteiger partial charge < -0.3 is 4.90 Å². The molecule has 2 aromatic rings. The Morgan fingerprint density at radius 1 is 1.11 bits per heavy atom. The van der Waals surface area contributed by atoms with Gasteiger partial charge in [0.2, 0.25) is 5.95 Å². The monoisotopic (exact) mass is 278 g/mol. The molecule has 0 unspecified atom stereocenters. The number of hydrogen-bond donors (Lipinski definition) is 0. The molecule has 2 aromatic heterocycles. The van der Waals surface area contributed by atoms with Crippen molar-refractivity contribution in [2.75, 3.05) is 31.1 Å². The predicted molar refractivity (Wildman–Crippen MR) is 73.1 cm³/mol. The molecule has 3 heterocycles. The van der Waals surface area contributed by atoms with Gasteiger partial charge in [-0.25, -0.2) is 9.97 Å². The fraction of sp³-hybridized carbons (Fsp3) is 0.417. The standard InChI is InChI=1S/C12H15ClN6/c13-11-8-16-19(9-11)10-17-4-6-18(7-5-17)12-14-2-1-3-15-12/h1-3,8-9H,4-7,10H2. The maximum absolute atomic E-state index is 5.85. The van der Waals surface area contributed by atoms with Gasteiger partial charge in [0.1, 0.15) is 0 Å². The molecule has 0 atom stereocenters. The van der Waals surface area contributed by atoms with Crippen molar-refractivity contribution in [3.05, 3.63) is 35.9 Å². The van der Waals surface area contributed by atoms with E-state index in [9.17, 15) is 0 Å². The van der Waals surface area contributed by atoms with Gasteiger partial charge in [0.05, 0.1) is 17.9 Å². The van der Waals surface area contributed by atoms with Crippen LogP contribution in [-0.4, -0.2) is 50.8 Å². The largest absolute Gasteiger partial charge is 0.338 e. The van der Waals surface area contributed by atoms with Gasteiger partial charge in [0.15, 0.2) is 0 Å². The molecular formula is C12H15ClN6. The van der Waals surface area contributed by atoms with Crippen LogP contribution in [0.1, 0.15) is 0 Å². The molecule has 100 valence electrons. The molecule has 1 aliphatic rings. The topological polar surface area (TPSA) is 50.1 Å². The molecule has 0 aliphatic carbocycles. The number of halogens is 1. The van der Waals surface area contributed by atoms with Crippen molar-refractivity contribution >= 4 is 17.5 Å². The van der Waals surface area contributed by atoms with Gasteiger partial charge in [0, 0.05) is 44.8 Å². The Bertz CT molecular complexity index is 520. The average molecular weight is 279 g/mol. The van der Waals surface area contributed by atoms with Crippen LogP contribution in [0.5, 0.6) is 0 Å². The summed E-state index contributed by atoms with van der Waals surface area (Å²) in [6.45, 7) is 4.57. The fourth-order valence-corrected chi connectivity index (χ4v) is 2.32. The number of hydrogen-bond acceptors (Lipinski definition) is 5. The third kappa shape index (κ3) is 3.02. The lowest BCUT2D eigenvalue weighted by molar-refractivity contribution is 0.195. The SMILES string of the molecule is Clc1cnn(CN2CCN(c3ncccn3)CC2)c1. The predicted octanol–water partition coefficient (Wildman–Crippen LogP) is 1.11. The number of anilines is 1. The van der Waals surface area contributed by atoms with Crippen molar-refractivity contribution in [1.29, 1.82) is 0 Å². The molecule has 0 N–H and O–H groups in total. The number of nitrogens with zero attached hydrogens (tertiary/aromatic N) is 6. The first kappa shape index (κ1) is 12.4. The van der Waals surface area contributed by atoms with E-state index in [4.69, 9.17) is 11.6 Å². The number of piperazine rings is 1. The molecule has 1 fully saturated rings. The van der Waals surface area contributed by atoms with Gasteiger partial charge >= 0.3 is 0 Å². The summed E-state index contributed by atoms with van der Waals surface area (Å²) in [6.07, 6.45) is 7.06. The zero-order valence-corrected chi connectivity index (χ0v) is 11.2. The highest BCUT2D eigenvalue weighted by atomic mass is 35.5. The molecule has 7 heteroatoms. The second-order valence-corrected chi connectivity index (χ2v) is 4.93. The maximum Gasteiger partial charge on any atom is 0.225 e. The minimum absolute atomic E-state index is 0.677. The first-order valence-corrected chi connectivity index (χ1v) is 6.61. The van der Waals surface area contributed by atoms with Gasteiger partial charge in [-0.05, 0) is 6.07 Å². The van der Waals surface area contributed by atoms with Crippen LogP contribution in [0.25, 0.3) is 0 Å². The Labute approximate surface area is 116 Å². The van der Waals surface area contributed by atoms with Crippen LogP contribution in [0.15, 0.2) is 30.9 Å². The van der Waals surface area contributed by atoms with Crippen molar-refractivity contribution < 1.29 is 0 Å². The number of rotatable bonds is 3. The Morgan fingerprint density at radius 3 is 2.47 bits per heavy atom. The third-order valence-corrected chi connectivity index (χ3v) is 3.35. The van der Waals surface area contributed by atoms with Crippen molar-refractivity contribution in [3.8, 4) is 0 Å². The molecule has 0 aromatic carbocycles. The molecule has 3 rings (SSSR count). The summed E-state index contributed by atoms with van der Waals surface area (Å²) in [5.41, 5.74) is 0. The van der Waals surface area contributed by atoms with E-state index in [1.165, 1.54) is 0 Å². The Hall–Kier alpha value is -1.66. The van der Waals surface area contributed by atoms with E-state index in [1.807, 2.05) is 16.9 Å². The van der Waals surface area contributed by atoms with Gasteiger partial charge in [0.25, 0.3) is 0 Å². The van der Waals surface area contributed by atoms with E-state index >= 15 is 0 Å². The third-order valence-electron chi connectivity index (χ3n) is 3.15. The second kappa shape index (κ2) is 5.54. The molecule has 1 aliphatic heterocycles. The first-order chi connectivity index (χ1) is 9.31. The van der Waals surface area contributed by atoms with E-state index in [-0.39, 0.29) is 0 Å². The van der Waals surface area contributed by atoms with Crippen LogP contribution in [0, 0.1) is 0 Å². The Kier molecular flexibility index (Phi) is 3.61. The zero-order valence-electron chi connectivity index (χ0n) is 10.5. The van der Waals surface area contributed by atoms with Crippen molar-refractivity contribution in [2.24, 2.45) is 0 Å². The van der Waals surface area contributed by atoms with Crippen molar-refractivity contribution in [2.45, 2.75) is 6.67 Å². The summed E-state index contributed by atoms with van der Waals surface area (Å²) >= 11 is 5.85. The van der Waals surface area contributed by atoms with Crippen LogP contribution in [0.2, 0.25) is 5.02 Å². The highest BCUT2D eigenvalue weighted by Gasteiger charge is 2.18. The molecule has 1 saturated heterocycles. The van der Waals surface area contributed by atoms with E-state index < -0.39 is 0 Å². The van der Waals surface area contributed by atoms with Gasteiger partial charge in [-0.15, -0.1) is 0 Å². The van der Waals surface area contributed by atoms with Gasteiger partial charge in [-0.1, -0.05) is 11.6 Å². The van der Waals surface area contributed by atoms with Crippen molar-refractivity contribution in [1.82, 2.24) is 24.6 Å². The van der Waals surface area contributed by atoms with E-state index in [0.29, 0.717) is 5.02 Å². The summed E-state index contributed by atoms with van der Waals surface area (Å²) in [5.74, 6) is 0.810. The summed E-state index contributed by atoms with van der Waals surface area (Å²) in [6, 6.07) is 1.83. The van der Waals surface area contributed by atoms with Gasteiger partial charge in [-0.2, -0.15) is 5.10 Å². The lowest BCUT2D eigenvalue weighted by atomic mass is 10.3. The summed E-state index contributed by atoms with van der Waals surface area (Å²) < 4.78 is 1.86.